The van der Waals surface area contributed by atoms with Gasteiger partial charge in [0, 0.05) is 12.1 Å². The molecule has 1 amide bonds. The number of thiophene rings is 1. The molecule has 0 unspecified atom stereocenters. The normalized spacial score (nSPS) is 14.3. The van der Waals surface area contributed by atoms with E-state index < -0.39 is 11.7 Å². The molecule has 42 heavy (non-hydrogen) atoms. The van der Waals surface area contributed by atoms with E-state index in [0.29, 0.717) is 35.8 Å². The summed E-state index contributed by atoms with van der Waals surface area (Å²) in [4.78, 5) is 21.7. The number of amides is 1. The first-order valence-electron chi connectivity index (χ1n) is 13.1. The van der Waals surface area contributed by atoms with E-state index in [2.05, 4.69) is 15.4 Å². The number of nitrogens with zero attached hydrogens (tertiary/aromatic N) is 7. The minimum atomic E-state index is -4.39. The molecule has 0 saturated heterocycles. The fourth-order valence-corrected chi connectivity index (χ4v) is 7.02. The van der Waals surface area contributed by atoms with Crippen molar-refractivity contribution in [3.8, 4) is 21.1 Å². The van der Waals surface area contributed by atoms with Gasteiger partial charge in [0.15, 0.2) is 0 Å². The van der Waals surface area contributed by atoms with Crippen LogP contribution in [0.5, 0.6) is 0 Å². The maximum atomic E-state index is 13.5. The van der Waals surface area contributed by atoms with Crippen molar-refractivity contribution in [2.75, 3.05) is 6.54 Å². The number of rotatable bonds is 5. The third-order valence-electron chi connectivity index (χ3n) is 7.38. The van der Waals surface area contributed by atoms with E-state index in [1.807, 2.05) is 52.9 Å². The largest absolute Gasteiger partial charge is 0.416 e. The van der Waals surface area contributed by atoms with Crippen LogP contribution in [-0.4, -0.2) is 47.1 Å². The van der Waals surface area contributed by atoms with Crippen LogP contribution in [0.1, 0.15) is 39.5 Å². The molecule has 0 fully saturated rings. The molecule has 1 atom stereocenters. The van der Waals surface area contributed by atoms with Gasteiger partial charge in [-0.05, 0) is 48.9 Å². The standard InChI is InChI=1S/C29H22F3N7OS2/c1-17(18-6-8-19(9-7-18)29(30,31)32)39-15-22(35-36-39)20-14-33-38-13-12-37(16-23(20)38)28(40)26-11-10-25(41-26)27-34-21-4-2-3-5-24(21)42-27/h2-11,14-15,17H,12-13,16H2,1H3/t17-/m0/s1. The maximum absolute atomic E-state index is 13.5. The molecule has 1 aliphatic rings. The zero-order valence-corrected chi connectivity index (χ0v) is 23.7. The Morgan fingerprint density at radius 3 is 2.60 bits per heavy atom. The lowest BCUT2D eigenvalue weighted by Crippen LogP contribution is -2.38. The predicted octanol–water partition coefficient (Wildman–Crippen LogP) is 6.76. The molecule has 0 N–H and O–H groups in total. The van der Waals surface area contributed by atoms with Crippen LogP contribution >= 0.6 is 22.7 Å². The van der Waals surface area contributed by atoms with Gasteiger partial charge < -0.3 is 4.90 Å². The van der Waals surface area contributed by atoms with Crippen molar-refractivity contribution in [3.63, 3.8) is 0 Å². The number of hydrogen-bond acceptors (Lipinski definition) is 7. The van der Waals surface area contributed by atoms with Gasteiger partial charge in [-0.25, -0.2) is 9.67 Å². The van der Waals surface area contributed by atoms with E-state index in [-0.39, 0.29) is 11.9 Å². The van der Waals surface area contributed by atoms with Gasteiger partial charge in [0.05, 0.1) is 62.8 Å². The Hall–Kier alpha value is -4.36. The number of fused-ring (bicyclic) bond motifs is 2. The van der Waals surface area contributed by atoms with Gasteiger partial charge in [0.2, 0.25) is 0 Å². The molecule has 13 heteroatoms. The van der Waals surface area contributed by atoms with Crippen molar-refractivity contribution in [2.45, 2.75) is 32.2 Å². The van der Waals surface area contributed by atoms with Crippen molar-refractivity contribution < 1.29 is 18.0 Å². The monoisotopic (exact) mass is 605 g/mol. The summed E-state index contributed by atoms with van der Waals surface area (Å²) in [6.07, 6.45) is -0.914. The van der Waals surface area contributed by atoms with Gasteiger partial charge in [-0.2, -0.15) is 18.3 Å². The predicted molar refractivity (Wildman–Crippen MR) is 154 cm³/mol. The maximum Gasteiger partial charge on any atom is 0.416 e. The summed E-state index contributed by atoms with van der Waals surface area (Å²) in [7, 11) is 0. The molecule has 2 aromatic carbocycles. The summed E-state index contributed by atoms with van der Waals surface area (Å²) in [5.74, 6) is -0.0506. The van der Waals surface area contributed by atoms with Crippen molar-refractivity contribution in [3.05, 3.63) is 94.8 Å². The lowest BCUT2D eigenvalue weighted by atomic mass is 10.1. The highest BCUT2D eigenvalue weighted by Gasteiger charge is 2.31. The second-order valence-electron chi connectivity index (χ2n) is 9.98. The fraction of sp³-hybridized carbons (Fsp3) is 0.207. The van der Waals surface area contributed by atoms with Crippen LogP contribution in [-0.2, 0) is 19.3 Å². The number of hydrogen-bond donors (Lipinski definition) is 0. The lowest BCUT2D eigenvalue weighted by Gasteiger charge is -2.28. The van der Waals surface area contributed by atoms with Gasteiger partial charge in [0.25, 0.3) is 5.91 Å². The van der Waals surface area contributed by atoms with Crippen LogP contribution in [0.2, 0.25) is 0 Å². The first-order valence-corrected chi connectivity index (χ1v) is 14.8. The molecule has 0 spiro atoms. The second-order valence-corrected chi connectivity index (χ2v) is 12.1. The molecule has 4 aromatic heterocycles. The zero-order valence-electron chi connectivity index (χ0n) is 22.1. The number of carbonyl (C=O) groups is 1. The Morgan fingerprint density at radius 2 is 1.81 bits per heavy atom. The summed E-state index contributed by atoms with van der Waals surface area (Å²) in [5, 5.41) is 14.0. The highest BCUT2D eigenvalue weighted by molar-refractivity contribution is 7.26. The minimum absolute atomic E-state index is 0.0506. The van der Waals surface area contributed by atoms with E-state index in [4.69, 9.17) is 4.98 Å². The molecule has 0 saturated carbocycles. The zero-order chi connectivity index (χ0) is 29.0. The van der Waals surface area contributed by atoms with Crippen LogP contribution in [0.25, 0.3) is 31.4 Å². The van der Waals surface area contributed by atoms with Crippen molar-refractivity contribution in [1.82, 2.24) is 34.7 Å². The molecule has 5 heterocycles. The number of thiazole rings is 1. The molecular weight excluding hydrogens is 583 g/mol. The number of alkyl halides is 3. The van der Waals surface area contributed by atoms with Crippen LogP contribution in [0.4, 0.5) is 13.2 Å². The summed E-state index contributed by atoms with van der Waals surface area (Å²) in [6.45, 7) is 3.29. The van der Waals surface area contributed by atoms with E-state index in [0.717, 1.165) is 43.5 Å². The molecule has 0 bridgehead atoms. The average Bonchev–Trinajstić information content (AvgIpc) is 3.80. The Balaban J connectivity index is 1.09. The Labute approximate surface area is 245 Å². The number of carbonyl (C=O) groups excluding carboxylic acids is 1. The summed E-state index contributed by atoms with van der Waals surface area (Å²) < 4.78 is 43.5. The molecular formula is C29H22F3N7OS2. The molecule has 0 radical (unpaired) electrons. The van der Waals surface area contributed by atoms with Gasteiger partial charge in [-0.1, -0.05) is 29.5 Å². The third kappa shape index (κ3) is 4.77. The van der Waals surface area contributed by atoms with E-state index in [1.165, 1.54) is 23.5 Å². The van der Waals surface area contributed by atoms with Crippen LogP contribution in [0, 0.1) is 0 Å². The number of aromatic nitrogens is 6. The highest BCUT2D eigenvalue weighted by Crippen LogP contribution is 2.36. The van der Waals surface area contributed by atoms with Crippen molar-refractivity contribution in [1.29, 1.82) is 0 Å². The van der Waals surface area contributed by atoms with Crippen LogP contribution in [0.15, 0.2) is 73.1 Å². The molecule has 0 aliphatic carbocycles. The molecule has 1 aliphatic heterocycles. The van der Waals surface area contributed by atoms with Crippen molar-refractivity contribution in [2.24, 2.45) is 0 Å². The SMILES string of the molecule is C[C@@H](c1ccc(C(F)(F)F)cc1)n1cc(-c2cnn3c2CN(C(=O)c2ccc(-c4nc5ccccc5s4)s2)CC3)nn1. The smallest absolute Gasteiger partial charge is 0.330 e. The van der Waals surface area contributed by atoms with E-state index in [9.17, 15) is 18.0 Å². The minimum Gasteiger partial charge on any atom is -0.330 e. The quantitative estimate of drug-likeness (QED) is 0.217. The lowest BCUT2D eigenvalue weighted by molar-refractivity contribution is -0.137. The molecule has 8 nitrogen and oxygen atoms in total. The van der Waals surface area contributed by atoms with Crippen LogP contribution < -0.4 is 0 Å². The van der Waals surface area contributed by atoms with Gasteiger partial charge in [-0.15, -0.1) is 27.8 Å². The van der Waals surface area contributed by atoms with E-state index in [1.54, 1.807) is 28.4 Å². The van der Waals surface area contributed by atoms with Crippen LogP contribution in [0.3, 0.4) is 0 Å². The van der Waals surface area contributed by atoms with Crippen molar-refractivity contribution >= 4 is 38.8 Å². The second kappa shape index (κ2) is 10.2. The fourth-order valence-electron chi connectivity index (χ4n) is 5.03. The average molecular weight is 606 g/mol. The molecule has 6 aromatic rings. The summed E-state index contributed by atoms with van der Waals surface area (Å²) in [6, 6.07) is 16.5. The third-order valence-corrected chi connectivity index (χ3v) is 9.66. The van der Waals surface area contributed by atoms with Gasteiger partial charge >= 0.3 is 6.18 Å². The Bertz CT molecular complexity index is 1890. The first kappa shape index (κ1) is 26.5. The van der Waals surface area contributed by atoms with E-state index >= 15 is 0 Å². The van der Waals surface area contributed by atoms with Gasteiger partial charge in [0.1, 0.15) is 10.7 Å². The number of halogens is 3. The summed E-state index contributed by atoms with van der Waals surface area (Å²) >= 11 is 3.05. The molecule has 212 valence electrons. The number of benzene rings is 2. The first-order chi connectivity index (χ1) is 20.2. The summed E-state index contributed by atoms with van der Waals surface area (Å²) in [5.41, 5.74) is 3.12. The topological polar surface area (TPSA) is 81.7 Å². The molecule has 7 rings (SSSR count). The van der Waals surface area contributed by atoms with Gasteiger partial charge in [-0.3, -0.25) is 9.48 Å². The highest BCUT2D eigenvalue weighted by atomic mass is 32.1. The number of para-hydroxylation sites is 1. The Kier molecular flexibility index (Phi) is 6.43. The Morgan fingerprint density at radius 1 is 1.00 bits per heavy atom.